The Morgan fingerprint density at radius 1 is 1.19 bits per heavy atom. The average molecular weight is 387 g/mol. The molecule has 0 aliphatic carbocycles. The first-order chi connectivity index (χ1) is 13.0. The quantitative estimate of drug-likeness (QED) is 0.659. The van der Waals surface area contributed by atoms with Crippen LogP contribution in [0.3, 0.4) is 0 Å². The van der Waals surface area contributed by atoms with E-state index in [0.717, 1.165) is 5.56 Å². The molecule has 0 bridgehead atoms. The van der Waals surface area contributed by atoms with Crippen molar-refractivity contribution in [2.24, 2.45) is 0 Å². The number of hydrogen-bond acceptors (Lipinski definition) is 5. The van der Waals surface area contributed by atoms with E-state index in [2.05, 4.69) is 10.5 Å². The maximum atomic E-state index is 12.6. The van der Waals surface area contributed by atoms with E-state index in [-0.39, 0.29) is 12.3 Å². The van der Waals surface area contributed by atoms with Crippen LogP contribution in [0.15, 0.2) is 47.0 Å². The van der Waals surface area contributed by atoms with E-state index < -0.39 is 5.91 Å². The van der Waals surface area contributed by atoms with Gasteiger partial charge in [0.25, 0.3) is 5.91 Å². The Bertz CT molecular complexity index is 968. The Labute approximate surface area is 162 Å². The minimum atomic E-state index is -0.398. The lowest BCUT2D eigenvalue weighted by Gasteiger charge is -2.10. The number of nitrogens with one attached hydrogen (secondary N) is 1. The lowest BCUT2D eigenvalue weighted by molar-refractivity contribution is 0.101. The van der Waals surface area contributed by atoms with E-state index in [1.807, 2.05) is 25.1 Å². The third kappa shape index (κ3) is 4.23. The van der Waals surface area contributed by atoms with Crippen LogP contribution in [-0.4, -0.2) is 18.2 Å². The zero-order valence-corrected chi connectivity index (χ0v) is 16.0. The fraction of sp³-hybridized carbons (Fsp3) is 0.200. The van der Waals surface area contributed by atoms with Gasteiger partial charge in [0.1, 0.15) is 12.4 Å². The second-order valence-electron chi connectivity index (χ2n) is 5.92. The molecule has 1 aromatic heterocycles. The van der Waals surface area contributed by atoms with Crippen molar-refractivity contribution in [1.82, 2.24) is 5.16 Å². The number of aryl methyl sites for hydroxylation is 2. The minimum absolute atomic E-state index is 0.118. The Hall–Kier alpha value is -2.99. The number of nitrogens with zero attached hydrogens (tertiary/aromatic N) is 1. The lowest BCUT2D eigenvalue weighted by atomic mass is 10.2. The summed E-state index contributed by atoms with van der Waals surface area (Å²) >= 11 is 6.11. The zero-order valence-electron chi connectivity index (χ0n) is 15.2. The van der Waals surface area contributed by atoms with Crippen LogP contribution in [0.4, 0.5) is 5.69 Å². The molecule has 0 spiro atoms. The van der Waals surface area contributed by atoms with E-state index in [9.17, 15) is 4.79 Å². The number of rotatable bonds is 6. The molecule has 0 saturated carbocycles. The molecule has 1 amide bonds. The van der Waals surface area contributed by atoms with Crippen LogP contribution in [-0.2, 0) is 6.61 Å². The standard InChI is InChI=1S/C20H19ClN2O4/c1-12-8-9-14(10-16(12)21)22-20(24)19-15(13(2)27-23-19)11-26-18-7-5-4-6-17(18)25-3/h4-10H,11H2,1-3H3,(H,22,24). The maximum absolute atomic E-state index is 12.6. The van der Waals surface area contributed by atoms with E-state index in [4.69, 9.17) is 25.6 Å². The van der Waals surface area contributed by atoms with Gasteiger partial charge in [0, 0.05) is 10.7 Å². The maximum Gasteiger partial charge on any atom is 0.278 e. The summed E-state index contributed by atoms with van der Waals surface area (Å²) in [5.41, 5.74) is 2.24. The van der Waals surface area contributed by atoms with Gasteiger partial charge in [-0.3, -0.25) is 4.79 Å². The molecular formula is C20H19ClN2O4. The van der Waals surface area contributed by atoms with Gasteiger partial charge in [0.15, 0.2) is 17.2 Å². The molecule has 0 aliphatic rings. The zero-order chi connectivity index (χ0) is 19.4. The fourth-order valence-corrected chi connectivity index (χ4v) is 2.67. The first-order valence-corrected chi connectivity index (χ1v) is 8.66. The molecule has 3 rings (SSSR count). The molecule has 0 radical (unpaired) electrons. The van der Waals surface area contributed by atoms with E-state index in [0.29, 0.717) is 33.5 Å². The molecule has 0 aliphatic heterocycles. The van der Waals surface area contributed by atoms with Crippen LogP contribution in [0.1, 0.15) is 27.4 Å². The van der Waals surface area contributed by atoms with Crippen LogP contribution in [0.5, 0.6) is 11.5 Å². The van der Waals surface area contributed by atoms with Gasteiger partial charge < -0.3 is 19.3 Å². The van der Waals surface area contributed by atoms with Crippen molar-refractivity contribution < 1.29 is 18.8 Å². The molecule has 2 aromatic carbocycles. The van der Waals surface area contributed by atoms with Gasteiger partial charge in [0.2, 0.25) is 0 Å². The third-order valence-electron chi connectivity index (χ3n) is 4.07. The number of amides is 1. The summed E-state index contributed by atoms with van der Waals surface area (Å²) in [6.45, 7) is 3.74. The van der Waals surface area contributed by atoms with Crippen LogP contribution in [0.2, 0.25) is 5.02 Å². The molecule has 1 heterocycles. The predicted molar refractivity (Wildman–Crippen MR) is 103 cm³/mol. The second-order valence-corrected chi connectivity index (χ2v) is 6.33. The summed E-state index contributed by atoms with van der Waals surface area (Å²) < 4.78 is 16.3. The molecule has 0 atom stereocenters. The van der Waals surface area contributed by atoms with Crippen molar-refractivity contribution in [2.75, 3.05) is 12.4 Å². The van der Waals surface area contributed by atoms with Crippen molar-refractivity contribution in [2.45, 2.75) is 20.5 Å². The Morgan fingerprint density at radius 2 is 1.93 bits per heavy atom. The van der Waals surface area contributed by atoms with Gasteiger partial charge in [0.05, 0.1) is 12.7 Å². The van der Waals surface area contributed by atoms with Crippen molar-refractivity contribution >= 4 is 23.2 Å². The Kier molecular flexibility index (Phi) is 5.66. The highest BCUT2D eigenvalue weighted by atomic mass is 35.5. The van der Waals surface area contributed by atoms with E-state index >= 15 is 0 Å². The van der Waals surface area contributed by atoms with Gasteiger partial charge >= 0.3 is 0 Å². The van der Waals surface area contributed by atoms with Crippen LogP contribution in [0.25, 0.3) is 0 Å². The molecule has 0 saturated heterocycles. The first-order valence-electron chi connectivity index (χ1n) is 8.28. The molecule has 1 N–H and O–H groups in total. The number of halogens is 1. The van der Waals surface area contributed by atoms with E-state index in [1.165, 1.54) is 0 Å². The van der Waals surface area contributed by atoms with Gasteiger partial charge in [-0.25, -0.2) is 0 Å². The summed E-state index contributed by atoms with van der Waals surface area (Å²) in [6, 6.07) is 12.6. The number of carbonyl (C=O) groups is 1. The molecule has 3 aromatic rings. The number of carbonyl (C=O) groups excluding carboxylic acids is 1. The van der Waals surface area contributed by atoms with Crippen molar-refractivity contribution in [1.29, 1.82) is 0 Å². The number of benzene rings is 2. The molecule has 6 nitrogen and oxygen atoms in total. The van der Waals surface area contributed by atoms with E-state index in [1.54, 1.807) is 38.3 Å². The first kappa shape index (κ1) is 18.8. The number of ether oxygens (including phenoxy) is 2. The van der Waals surface area contributed by atoms with Crippen LogP contribution >= 0.6 is 11.6 Å². The summed E-state index contributed by atoms with van der Waals surface area (Å²) in [6.07, 6.45) is 0. The van der Waals surface area contributed by atoms with Crippen molar-refractivity contribution in [3.63, 3.8) is 0 Å². The summed E-state index contributed by atoms with van der Waals surface area (Å²) in [5.74, 6) is 1.28. The number of anilines is 1. The monoisotopic (exact) mass is 386 g/mol. The van der Waals surface area contributed by atoms with Gasteiger partial charge in [-0.2, -0.15) is 0 Å². The normalized spacial score (nSPS) is 10.5. The van der Waals surface area contributed by atoms with Crippen molar-refractivity contribution in [3.8, 4) is 11.5 Å². The van der Waals surface area contributed by atoms with Gasteiger partial charge in [-0.05, 0) is 43.7 Å². The summed E-state index contributed by atoms with van der Waals surface area (Å²) in [7, 11) is 1.57. The highest BCUT2D eigenvalue weighted by Gasteiger charge is 2.21. The lowest BCUT2D eigenvalue weighted by Crippen LogP contribution is -2.15. The number of hydrogen-bond donors (Lipinski definition) is 1. The Morgan fingerprint density at radius 3 is 2.63 bits per heavy atom. The van der Waals surface area contributed by atoms with Crippen molar-refractivity contribution in [3.05, 3.63) is 70.1 Å². The number of para-hydroxylation sites is 2. The minimum Gasteiger partial charge on any atom is -0.493 e. The highest BCUT2D eigenvalue weighted by Crippen LogP contribution is 2.28. The molecule has 0 unspecified atom stereocenters. The summed E-state index contributed by atoms with van der Waals surface area (Å²) in [4.78, 5) is 12.6. The predicted octanol–water partition coefficient (Wildman–Crippen LogP) is 4.78. The average Bonchev–Trinajstić information content (AvgIpc) is 3.04. The molecule has 140 valence electrons. The van der Waals surface area contributed by atoms with Crippen LogP contribution < -0.4 is 14.8 Å². The molecular weight excluding hydrogens is 368 g/mol. The smallest absolute Gasteiger partial charge is 0.278 e. The number of aromatic nitrogens is 1. The SMILES string of the molecule is COc1ccccc1OCc1c(C(=O)Nc2ccc(C)c(Cl)c2)noc1C. The largest absolute Gasteiger partial charge is 0.493 e. The Balaban J connectivity index is 1.77. The highest BCUT2D eigenvalue weighted by molar-refractivity contribution is 6.31. The number of methoxy groups -OCH3 is 1. The fourth-order valence-electron chi connectivity index (χ4n) is 2.49. The molecule has 7 heteroatoms. The molecule has 0 fully saturated rings. The topological polar surface area (TPSA) is 73.6 Å². The van der Waals surface area contributed by atoms with Gasteiger partial charge in [-0.15, -0.1) is 0 Å². The third-order valence-corrected chi connectivity index (χ3v) is 4.48. The second kappa shape index (κ2) is 8.14. The van der Waals surface area contributed by atoms with Crippen LogP contribution in [0, 0.1) is 13.8 Å². The molecule has 27 heavy (non-hydrogen) atoms. The van der Waals surface area contributed by atoms with Gasteiger partial charge in [-0.1, -0.05) is 35.0 Å². The summed E-state index contributed by atoms with van der Waals surface area (Å²) in [5, 5.41) is 7.22.